The molecule has 1 saturated heterocycles. The van der Waals surface area contributed by atoms with Gasteiger partial charge in [-0.2, -0.15) is 0 Å². The molecule has 1 N–H and O–H groups in total. The number of nitrogens with zero attached hydrogens (tertiary/aromatic N) is 3. The van der Waals surface area contributed by atoms with Crippen molar-refractivity contribution < 1.29 is 14.7 Å². The van der Waals surface area contributed by atoms with Gasteiger partial charge < -0.3 is 14.9 Å². The molecule has 0 radical (unpaired) electrons. The number of carboxylic acid groups (broad SMARTS) is 1. The van der Waals surface area contributed by atoms with Gasteiger partial charge in [0.1, 0.15) is 4.88 Å². The maximum Gasteiger partial charge on any atom is 0.407 e. The average molecular weight is 357 g/mol. The van der Waals surface area contributed by atoms with Gasteiger partial charge in [0.25, 0.3) is 5.91 Å². The maximum atomic E-state index is 12.8. The van der Waals surface area contributed by atoms with Crippen LogP contribution >= 0.6 is 11.3 Å². The molecule has 0 bridgehead atoms. The number of likely N-dealkylation sites (tertiary alicyclic amines) is 1. The molecule has 1 aromatic carbocycles. The van der Waals surface area contributed by atoms with E-state index in [1.54, 1.807) is 5.51 Å². The Bertz CT molecular complexity index is 792. The number of carbonyl (C=O) groups excluding carboxylic acids is 1. The van der Waals surface area contributed by atoms with Gasteiger partial charge in [-0.25, -0.2) is 9.78 Å². The van der Waals surface area contributed by atoms with E-state index in [9.17, 15) is 14.7 Å². The Morgan fingerprint density at radius 2 is 2.12 bits per heavy atom. The zero-order valence-electron chi connectivity index (χ0n) is 13.7. The summed E-state index contributed by atoms with van der Waals surface area (Å²) >= 11 is 1.37. The molecule has 130 valence electrons. The summed E-state index contributed by atoms with van der Waals surface area (Å²) in [6.07, 6.45) is 1.29. The van der Waals surface area contributed by atoms with Crippen LogP contribution in [0.15, 0.2) is 35.8 Å². The van der Waals surface area contributed by atoms with Gasteiger partial charge in [-0.3, -0.25) is 4.79 Å². The number of benzene rings is 1. The van der Waals surface area contributed by atoms with E-state index < -0.39 is 6.09 Å². The molecular formula is C18H19N3O3S. The van der Waals surface area contributed by atoms with Crippen molar-refractivity contribution in [1.29, 1.82) is 0 Å². The van der Waals surface area contributed by atoms with Crippen molar-refractivity contribution in [3.8, 4) is 0 Å². The fourth-order valence-electron chi connectivity index (χ4n) is 3.93. The lowest BCUT2D eigenvalue weighted by Gasteiger charge is -2.43. The van der Waals surface area contributed by atoms with E-state index >= 15 is 0 Å². The summed E-state index contributed by atoms with van der Waals surface area (Å²) in [6, 6.07) is 9.54. The highest BCUT2D eigenvalue weighted by Crippen LogP contribution is 2.33. The number of carbonyl (C=O) groups is 2. The Kier molecular flexibility index (Phi) is 4.17. The van der Waals surface area contributed by atoms with Gasteiger partial charge in [-0.1, -0.05) is 30.3 Å². The molecule has 7 heteroatoms. The summed E-state index contributed by atoms with van der Waals surface area (Å²) < 4.78 is 0. The van der Waals surface area contributed by atoms with Crippen LogP contribution in [0.4, 0.5) is 4.79 Å². The predicted octanol–water partition coefficient (Wildman–Crippen LogP) is 2.85. The molecule has 6 nitrogen and oxygen atoms in total. The number of hydrogen-bond donors (Lipinski definition) is 1. The summed E-state index contributed by atoms with van der Waals surface area (Å²) in [5.41, 5.74) is 3.61. The quantitative estimate of drug-likeness (QED) is 0.917. The molecular weight excluding hydrogens is 338 g/mol. The lowest BCUT2D eigenvalue weighted by Crippen LogP contribution is -2.57. The summed E-state index contributed by atoms with van der Waals surface area (Å²) in [6.45, 7) is 1.01. The first kappa shape index (κ1) is 16.1. The lowest BCUT2D eigenvalue weighted by atomic mass is 9.90. The van der Waals surface area contributed by atoms with Gasteiger partial charge in [-0.15, -0.1) is 11.3 Å². The first-order chi connectivity index (χ1) is 12.1. The summed E-state index contributed by atoms with van der Waals surface area (Å²) in [4.78, 5) is 32.9. The second kappa shape index (κ2) is 6.48. The minimum Gasteiger partial charge on any atom is -0.465 e. The van der Waals surface area contributed by atoms with Crippen LogP contribution in [-0.2, 0) is 13.0 Å². The van der Waals surface area contributed by atoms with Gasteiger partial charge in [0.2, 0.25) is 0 Å². The van der Waals surface area contributed by atoms with E-state index in [0.29, 0.717) is 24.4 Å². The van der Waals surface area contributed by atoms with Crippen molar-refractivity contribution in [3.05, 3.63) is 52.0 Å². The Morgan fingerprint density at radius 3 is 2.84 bits per heavy atom. The van der Waals surface area contributed by atoms with Crippen molar-refractivity contribution in [2.45, 2.75) is 37.9 Å². The van der Waals surface area contributed by atoms with Crippen LogP contribution in [0.5, 0.6) is 0 Å². The topological polar surface area (TPSA) is 73.7 Å². The van der Waals surface area contributed by atoms with E-state index in [0.717, 1.165) is 24.1 Å². The van der Waals surface area contributed by atoms with Crippen LogP contribution in [0.3, 0.4) is 0 Å². The van der Waals surface area contributed by atoms with Gasteiger partial charge in [0.15, 0.2) is 0 Å². The molecule has 0 aliphatic carbocycles. The highest BCUT2D eigenvalue weighted by Gasteiger charge is 2.43. The molecule has 1 fully saturated rings. The highest BCUT2D eigenvalue weighted by atomic mass is 32.1. The minimum atomic E-state index is -0.912. The number of thiazole rings is 1. The second-order valence-corrected chi connectivity index (χ2v) is 7.36. The third-order valence-corrected chi connectivity index (χ3v) is 5.95. The molecule has 2 aliphatic rings. The molecule has 2 atom stereocenters. The molecule has 1 aromatic heterocycles. The molecule has 0 saturated carbocycles. The molecule has 2 aliphatic heterocycles. The largest absolute Gasteiger partial charge is 0.465 e. The number of amides is 2. The van der Waals surface area contributed by atoms with E-state index in [1.807, 2.05) is 35.2 Å². The zero-order chi connectivity index (χ0) is 17.4. The standard InChI is InChI=1S/C18H19N3O3S/c22-17-16-13(19-11-25-16)10-21(17)14-7-4-8-20(18(23)24)15(14)9-12-5-2-1-3-6-12/h1-3,5-6,11,14-15H,4,7-10H2,(H,23,24). The maximum absolute atomic E-state index is 12.8. The van der Waals surface area contributed by atoms with Crippen molar-refractivity contribution in [3.63, 3.8) is 0 Å². The Balaban J connectivity index is 1.63. The number of aromatic nitrogens is 1. The fourth-order valence-corrected chi connectivity index (χ4v) is 4.68. The summed E-state index contributed by atoms with van der Waals surface area (Å²) in [5.74, 6) is -0.00667. The van der Waals surface area contributed by atoms with E-state index in [-0.39, 0.29) is 18.0 Å². The first-order valence-corrected chi connectivity index (χ1v) is 9.30. The fraction of sp³-hybridized carbons (Fsp3) is 0.389. The van der Waals surface area contributed by atoms with Crippen molar-refractivity contribution in [2.75, 3.05) is 6.54 Å². The number of rotatable bonds is 3. The molecule has 25 heavy (non-hydrogen) atoms. The highest BCUT2D eigenvalue weighted by molar-refractivity contribution is 7.12. The third-order valence-electron chi connectivity index (χ3n) is 5.09. The van der Waals surface area contributed by atoms with Crippen LogP contribution in [0.2, 0.25) is 0 Å². The molecule has 2 amide bonds. The van der Waals surface area contributed by atoms with E-state index in [1.165, 1.54) is 16.2 Å². The van der Waals surface area contributed by atoms with Crippen LogP contribution < -0.4 is 0 Å². The Labute approximate surface area is 149 Å². The predicted molar refractivity (Wildman–Crippen MR) is 93.7 cm³/mol. The minimum absolute atomic E-state index is 0.00667. The smallest absolute Gasteiger partial charge is 0.407 e. The van der Waals surface area contributed by atoms with Crippen LogP contribution in [0.25, 0.3) is 0 Å². The monoisotopic (exact) mass is 357 g/mol. The molecule has 0 spiro atoms. The van der Waals surface area contributed by atoms with Gasteiger partial charge in [0, 0.05) is 6.54 Å². The van der Waals surface area contributed by atoms with Crippen LogP contribution in [0, 0.1) is 0 Å². The Hall–Kier alpha value is -2.41. The Morgan fingerprint density at radius 1 is 1.32 bits per heavy atom. The van der Waals surface area contributed by atoms with Crippen molar-refractivity contribution >= 4 is 23.3 Å². The molecule has 2 aromatic rings. The lowest BCUT2D eigenvalue weighted by molar-refractivity contribution is 0.0332. The third kappa shape index (κ3) is 2.89. The molecule has 3 heterocycles. The summed E-state index contributed by atoms with van der Waals surface area (Å²) in [7, 11) is 0. The van der Waals surface area contributed by atoms with E-state index in [4.69, 9.17) is 0 Å². The van der Waals surface area contributed by atoms with Gasteiger partial charge >= 0.3 is 6.09 Å². The van der Waals surface area contributed by atoms with E-state index in [2.05, 4.69) is 4.98 Å². The number of piperidine rings is 1. The van der Waals surface area contributed by atoms with Crippen LogP contribution in [0.1, 0.15) is 33.8 Å². The molecule has 4 rings (SSSR count). The van der Waals surface area contributed by atoms with Crippen molar-refractivity contribution in [1.82, 2.24) is 14.8 Å². The number of hydrogen-bond acceptors (Lipinski definition) is 4. The van der Waals surface area contributed by atoms with Crippen molar-refractivity contribution in [2.24, 2.45) is 0 Å². The average Bonchev–Trinajstić information content (AvgIpc) is 3.19. The zero-order valence-corrected chi connectivity index (χ0v) is 14.5. The summed E-state index contributed by atoms with van der Waals surface area (Å²) in [5, 5.41) is 9.66. The normalized spacial score (nSPS) is 23.0. The SMILES string of the molecule is O=C(O)N1CCCC(N2Cc3ncsc3C2=O)C1Cc1ccccc1. The van der Waals surface area contributed by atoms with Crippen LogP contribution in [-0.4, -0.2) is 50.5 Å². The van der Waals surface area contributed by atoms with Gasteiger partial charge in [-0.05, 0) is 24.8 Å². The molecule has 2 unspecified atom stereocenters. The number of fused-ring (bicyclic) bond motifs is 1. The first-order valence-electron chi connectivity index (χ1n) is 8.42. The van der Waals surface area contributed by atoms with Gasteiger partial charge in [0.05, 0.1) is 29.8 Å². The second-order valence-electron chi connectivity index (χ2n) is 6.50.